The lowest BCUT2D eigenvalue weighted by atomic mass is 9.96. The van der Waals surface area contributed by atoms with Crippen molar-refractivity contribution in [2.45, 2.75) is 201 Å². The van der Waals surface area contributed by atoms with Gasteiger partial charge in [0.15, 0.2) is 0 Å². The molecule has 0 aromatic heterocycles. The zero-order valence-corrected chi connectivity index (χ0v) is 33.1. The van der Waals surface area contributed by atoms with E-state index in [1.54, 1.807) is 0 Å². The molecule has 1 rings (SSSR count). The van der Waals surface area contributed by atoms with Crippen molar-refractivity contribution in [2.75, 3.05) is 32.8 Å². The molecule has 0 aliphatic carbocycles. The summed E-state index contributed by atoms with van der Waals surface area (Å²) in [5.74, 6) is 0.553. The average molecular weight is 702 g/mol. The van der Waals surface area contributed by atoms with Crippen molar-refractivity contribution in [1.29, 1.82) is 0 Å². The molecular formula is C44H79NO5. The van der Waals surface area contributed by atoms with Crippen molar-refractivity contribution >= 4 is 11.9 Å². The topological polar surface area (TPSA) is 76.1 Å². The Morgan fingerprint density at radius 2 is 1.02 bits per heavy atom. The molecule has 0 bridgehead atoms. The first-order chi connectivity index (χ1) is 24.5. The van der Waals surface area contributed by atoms with Gasteiger partial charge in [0.2, 0.25) is 0 Å². The van der Waals surface area contributed by atoms with Crippen LogP contribution in [0.2, 0.25) is 0 Å². The standard InChI is InChI=1S/C44H79NO5/c1-4-7-10-12-13-20-27-38-49-43(47)30-23-16-14-18-25-34-45(36-37-46)35-26-19-15-17-24-31-44(48)50-42-33-32-40(28-21-9-6-3)41(39-42)29-22-11-8-5-2/h32-33,39,46H,4-31,34-38H2,1-3H3. The molecule has 50 heavy (non-hydrogen) atoms. The van der Waals surface area contributed by atoms with Gasteiger partial charge in [-0.25, -0.2) is 0 Å². The first-order valence-corrected chi connectivity index (χ1v) is 21.3. The van der Waals surface area contributed by atoms with Crippen molar-refractivity contribution < 1.29 is 24.2 Å². The predicted molar refractivity (Wildman–Crippen MR) is 211 cm³/mol. The highest BCUT2D eigenvalue weighted by Gasteiger charge is 2.10. The SMILES string of the molecule is CCCCCCCCCOC(=O)CCCCCCCN(CCO)CCCCCCCC(=O)Oc1ccc(CCCCC)c(CCCCCC)c1. The quantitative estimate of drug-likeness (QED) is 0.0426. The Bertz CT molecular complexity index is 935. The summed E-state index contributed by atoms with van der Waals surface area (Å²) in [7, 11) is 0. The number of unbranched alkanes of at least 4 members (excludes halogenated alkanes) is 19. The van der Waals surface area contributed by atoms with Crippen LogP contribution in [0.3, 0.4) is 0 Å². The van der Waals surface area contributed by atoms with Gasteiger partial charge in [0.05, 0.1) is 13.2 Å². The molecule has 0 radical (unpaired) electrons. The Balaban J connectivity index is 2.13. The van der Waals surface area contributed by atoms with Gasteiger partial charge >= 0.3 is 11.9 Å². The fourth-order valence-electron chi connectivity index (χ4n) is 6.70. The van der Waals surface area contributed by atoms with Crippen LogP contribution in [0.25, 0.3) is 0 Å². The summed E-state index contributed by atoms with van der Waals surface area (Å²) in [6.07, 6.45) is 31.3. The van der Waals surface area contributed by atoms with Gasteiger partial charge < -0.3 is 19.5 Å². The first kappa shape index (κ1) is 46.1. The molecule has 0 fully saturated rings. The molecule has 1 aromatic rings. The van der Waals surface area contributed by atoms with Crippen LogP contribution in [-0.2, 0) is 27.2 Å². The molecule has 1 N–H and O–H groups in total. The summed E-state index contributed by atoms with van der Waals surface area (Å²) in [5.41, 5.74) is 2.78. The van der Waals surface area contributed by atoms with Crippen molar-refractivity contribution in [1.82, 2.24) is 4.90 Å². The number of aliphatic hydroxyl groups excluding tert-OH is 1. The van der Waals surface area contributed by atoms with Gasteiger partial charge in [-0.05, 0) is 94.1 Å². The molecule has 0 spiro atoms. The molecule has 0 saturated carbocycles. The first-order valence-electron chi connectivity index (χ1n) is 21.3. The lowest BCUT2D eigenvalue weighted by Crippen LogP contribution is -2.29. The molecule has 0 saturated heterocycles. The highest BCUT2D eigenvalue weighted by molar-refractivity contribution is 5.72. The second-order valence-corrected chi connectivity index (χ2v) is 14.6. The fraction of sp³-hybridized carbons (Fsp3) is 0.818. The maximum atomic E-state index is 12.6. The van der Waals surface area contributed by atoms with Crippen LogP contribution in [-0.4, -0.2) is 54.8 Å². The molecule has 0 atom stereocenters. The Kier molecular flexibility index (Phi) is 31.5. The monoisotopic (exact) mass is 702 g/mol. The maximum Gasteiger partial charge on any atom is 0.311 e. The van der Waals surface area contributed by atoms with Crippen LogP contribution in [0.15, 0.2) is 18.2 Å². The molecule has 6 heteroatoms. The number of hydrogen-bond donors (Lipinski definition) is 1. The van der Waals surface area contributed by atoms with E-state index in [9.17, 15) is 14.7 Å². The molecule has 6 nitrogen and oxygen atoms in total. The summed E-state index contributed by atoms with van der Waals surface area (Å²) in [5, 5.41) is 9.53. The van der Waals surface area contributed by atoms with E-state index < -0.39 is 0 Å². The van der Waals surface area contributed by atoms with Crippen molar-refractivity contribution in [2.24, 2.45) is 0 Å². The van der Waals surface area contributed by atoms with Crippen molar-refractivity contribution in [3.8, 4) is 5.75 Å². The highest BCUT2D eigenvalue weighted by atomic mass is 16.5. The summed E-state index contributed by atoms with van der Waals surface area (Å²) in [4.78, 5) is 26.9. The minimum Gasteiger partial charge on any atom is -0.466 e. The second-order valence-electron chi connectivity index (χ2n) is 14.6. The summed E-state index contributed by atoms with van der Waals surface area (Å²) in [6.45, 7) is 10.3. The Morgan fingerprint density at radius 3 is 1.64 bits per heavy atom. The Morgan fingerprint density at radius 1 is 0.540 bits per heavy atom. The van der Waals surface area contributed by atoms with Crippen LogP contribution in [0.4, 0.5) is 0 Å². The number of carbonyl (C=O) groups excluding carboxylic acids is 2. The number of ether oxygens (including phenoxy) is 2. The second kappa shape index (κ2) is 34.2. The zero-order valence-electron chi connectivity index (χ0n) is 33.1. The Hall–Kier alpha value is -1.92. The molecule has 0 heterocycles. The molecule has 290 valence electrons. The van der Waals surface area contributed by atoms with Gasteiger partial charge in [0.1, 0.15) is 5.75 Å². The van der Waals surface area contributed by atoms with Crippen LogP contribution in [0.1, 0.15) is 199 Å². The number of rotatable bonds is 36. The van der Waals surface area contributed by atoms with Crippen LogP contribution in [0.5, 0.6) is 5.75 Å². The molecular weight excluding hydrogens is 622 g/mol. The van der Waals surface area contributed by atoms with E-state index in [0.717, 1.165) is 110 Å². The van der Waals surface area contributed by atoms with Crippen LogP contribution < -0.4 is 4.74 Å². The zero-order chi connectivity index (χ0) is 36.3. The van der Waals surface area contributed by atoms with E-state index >= 15 is 0 Å². The third-order valence-electron chi connectivity index (χ3n) is 9.90. The average Bonchev–Trinajstić information content (AvgIpc) is 3.11. The largest absolute Gasteiger partial charge is 0.466 e. The van der Waals surface area contributed by atoms with E-state index in [2.05, 4.69) is 37.8 Å². The number of aliphatic hydroxyl groups is 1. The molecule has 0 aliphatic rings. The van der Waals surface area contributed by atoms with Crippen molar-refractivity contribution in [3.63, 3.8) is 0 Å². The van der Waals surface area contributed by atoms with Gasteiger partial charge in [0.25, 0.3) is 0 Å². The van der Waals surface area contributed by atoms with Crippen LogP contribution in [0, 0.1) is 0 Å². The number of nitrogens with zero attached hydrogens (tertiary/aromatic N) is 1. The lowest BCUT2D eigenvalue weighted by Gasteiger charge is -2.21. The van der Waals surface area contributed by atoms with Gasteiger partial charge in [-0.2, -0.15) is 0 Å². The molecule has 0 unspecified atom stereocenters. The maximum absolute atomic E-state index is 12.6. The fourth-order valence-corrected chi connectivity index (χ4v) is 6.70. The number of esters is 2. The van der Waals surface area contributed by atoms with Gasteiger partial charge in [0, 0.05) is 19.4 Å². The van der Waals surface area contributed by atoms with E-state index in [-0.39, 0.29) is 18.5 Å². The van der Waals surface area contributed by atoms with E-state index in [0.29, 0.717) is 25.2 Å². The van der Waals surface area contributed by atoms with Crippen LogP contribution >= 0.6 is 0 Å². The minimum atomic E-state index is -0.117. The summed E-state index contributed by atoms with van der Waals surface area (Å²) in [6, 6.07) is 6.30. The third-order valence-corrected chi connectivity index (χ3v) is 9.90. The Labute approximate surface area is 308 Å². The van der Waals surface area contributed by atoms with E-state index in [4.69, 9.17) is 9.47 Å². The normalized spacial score (nSPS) is 11.4. The van der Waals surface area contributed by atoms with Gasteiger partial charge in [-0.15, -0.1) is 0 Å². The summed E-state index contributed by atoms with van der Waals surface area (Å²) < 4.78 is 11.2. The molecule has 0 aliphatic heterocycles. The van der Waals surface area contributed by atoms with Crippen molar-refractivity contribution in [3.05, 3.63) is 29.3 Å². The van der Waals surface area contributed by atoms with E-state index in [1.807, 2.05) is 6.07 Å². The third kappa shape index (κ3) is 26.8. The smallest absolute Gasteiger partial charge is 0.311 e. The number of carbonyl (C=O) groups is 2. The highest BCUT2D eigenvalue weighted by Crippen LogP contribution is 2.23. The van der Waals surface area contributed by atoms with Gasteiger partial charge in [-0.3, -0.25) is 9.59 Å². The lowest BCUT2D eigenvalue weighted by molar-refractivity contribution is -0.144. The number of benzene rings is 1. The molecule has 0 amide bonds. The van der Waals surface area contributed by atoms with Gasteiger partial charge in [-0.1, -0.05) is 136 Å². The number of hydrogen-bond acceptors (Lipinski definition) is 6. The predicted octanol–water partition coefficient (Wildman–Crippen LogP) is 11.7. The number of aryl methyl sites for hydroxylation is 2. The molecule has 1 aromatic carbocycles. The summed E-state index contributed by atoms with van der Waals surface area (Å²) >= 11 is 0. The minimum absolute atomic E-state index is 0.0365. The van der Waals surface area contributed by atoms with E-state index in [1.165, 1.54) is 88.2 Å².